The molecule has 1 fully saturated rings. The van der Waals surface area contributed by atoms with Crippen LogP contribution >= 0.6 is 22.6 Å². The minimum Gasteiger partial charge on any atom is -0.378 e. The first-order valence-electron chi connectivity index (χ1n) is 4.84. The van der Waals surface area contributed by atoms with Gasteiger partial charge in [0, 0.05) is 10.1 Å². The molecule has 1 heterocycles. The Morgan fingerprint density at radius 2 is 2.36 bits per heavy atom. The fourth-order valence-corrected chi connectivity index (χ4v) is 2.27. The summed E-state index contributed by atoms with van der Waals surface area (Å²) in [6.45, 7) is 4.73. The molecule has 1 aliphatic heterocycles. The van der Waals surface area contributed by atoms with Gasteiger partial charge in [0.15, 0.2) is 0 Å². The van der Waals surface area contributed by atoms with Gasteiger partial charge in [0.2, 0.25) is 0 Å². The quantitative estimate of drug-likeness (QED) is 0.804. The molecule has 14 heavy (non-hydrogen) atoms. The molecule has 76 valence electrons. The van der Waals surface area contributed by atoms with Gasteiger partial charge in [-0.3, -0.25) is 0 Å². The van der Waals surface area contributed by atoms with Crippen LogP contribution in [-0.2, 0) is 4.74 Å². The van der Waals surface area contributed by atoms with Crippen LogP contribution < -0.4 is 5.32 Å². The van der Waals surface area contributed by atoms with E-state index in [-0.39, 0.29) is 0 Å². The van der Waals surface area contributed by atoms with E-state index in [9.17, 15) is 0 Å². The maximum atomic E-state index is 5.47. The van der Waals surface area contributed by atoms with E-state index in [4.69, 9.17) is 4.74 Å². The summed E-state index contributed by atoms with van der Waals surface area (Å²) in [7, 11) is 0. The highest BCUT2D eigenvalue weighted by Crippen LogP contribution is 2.21. The van der Waals surface area contributed by atoms with E-state index >= 15 is 0 Å². The largest absolute Gasteiger partial charge is 0.378 e. The van der Waals surface area contributed by atoms with Gasteiger partial charge in [-0.25, -0.2) is 0 Å². The van der Waals surface area contributed by atoms with Gasteiger partial charge in [0.25, 0.3) is 0 Å². The van der Waals surface area contributed by atoms with E-state index in [1.807, 2.05) is 0 Å². The zero-order chi connectivity index (χ0) is 9.97. The maximum Gasteiger partial charge on any atom is 0.0662 e. The predicted molar refractivity (Wildman–Crippen MR) is 65.5 cm³/mol. The summed E-state index contributed by atoms with van der Waals surface area (Å²) in [6, 6.07) is 6.93. The molecule has 0 aliphatic carbocycles. The lowest BCUT2D eigenvalue weighted by Crippen LogP contribution is -2.34. The van der Waals surface area contributed by atoms with Gasteiger partial charge in [0.1, 0.15) is 0 Å². The summed E-state index contributed by atoms with van der Waals surface area (Å²) >= 11 is 2.35. The molecule has 0 unspecified atom stereocenters. The van der Waals surface area contributed by atoms with Crippen LogP contribution in [0.15, 0.2) is 18.2 Å². The Bertz CT molecular complexity index is 321. The SMILES string of the molecule is Cc1ccc(I)cc1[C@H]1COCCN1. The van der Waals surface area contributed by atoms with Gasteiger partial charge in [0.05, 0.1) is 19.3 Å². The summed E-state index contributed by atoms with van der Waals surface area (Å²) in [5.74, 6) is 0. The first-order valence-corrected chi connectivity index (χ1v) is 5.92. The molecule has 1 saturated heterocycles. The van der Waals surface area contributed by atoms with E-state index in [0.717, 1.165) is 19.8 Å². The molecule has 0 radical (unpaired) electrons. The highest BCUT2D eigenvalue weighted by molar-refractivity contribution is 14.1. The maximum absolute atomic E-state index is 5.47. The molecule has 0 bridgehead atoms. The van der Waals surface area contributed by atoms with Crippen molar-refractivity contribution in [1.82, 2.24) is 5.32 Å². The zero-order valence-electron chi connectivity index (χ0n) is 8.22. The van der Waals surface area contributed by atoms with Gasteiger partial charge in [-0.1, -0.05) is 6.07 Å². The second kappa shape index (κ2) is 4.59. The minimum atomic E-state index is 0.374. The fourth-order valence-electron chi connectivity index (χ4n) is 1.75. The van der Waals surface area contributed by atoms with Crippen LogP contribution in [0.3, 0.4) is 0 Å². The van der Waals surface area contributed by atoms with Crippen LogP contribution in [0.2, 0.25) is 0 Å². The van der Waals surface area contributed by atoms with Crippen LogP contribution in [-0.4, -0.2) is 19.8 Å². The Morgan fingerprint density at radius 1 is 1.50 bits per heavy atom. The predicted octanol–water partition coefficient (Wildman–Crippen LogP) is 2.26. The van der Waals surface area contributed by atoms with E-state index in [1.54, 1.807) is 0 Å². The third-order valence-electron chi connectivity index (χ3n) is 2.54. The lowest BCUT2D eigenvalue weighted by molar-refractivity contribution is 0.0767. The normalized spacial score (nSPS) is 22.3. The smallest absolute Gasteiger partial charge is 0.0662 e. The van der Waals surface area contributed by atoms with E-state index in [0.29, 0.717) is 6.04 Å². The molecule has 2 rings (SSSR count). The Kier molecular flexibility index (Phi) is 3.41. The van der Waals surface area contributed by atoms with Crippen molar-refractivity contribution in [2.75, 3.05) is 19.8 Å². The monoisotopic (exact) mass is 303 g/mol. The van der Waals surface area contributed by atoms with E-state index in [2.05, 4.69) is 53.0 Å². The third kappa shape index (κ3) is 2.27. The number of hydrogen-bond acceptors (Lipinski definition) is 2. The molecule has 1 atom stereocenters. The van der Waals surface area contributed by atoms with Crippen LogP contribution in [0.25, 0.3) is 0 Å². The summed E-state index contributed by atoms with van der Waals surface area (Å²) in [4.78, 5) is 0. The summed E-state index contributed by atoms with van der Waals surface area (Å²) in [5.41, 5.74) is 2.71. The standard InChI is InChI=1S/C11H14INO/c1-8-2-3-9(12)6-10(8)11-7-14-5-4-13-11/h2-3,6,11,13H,4-5,7H2,1H3/t11-/m1/s1. The Hall–Kier alpha value is -0.130. The molecular weight excluding hydrogens is 289 g/mol. The molecule has 2 nitrogen and oxygen atoms in total. The third-order valence-corrected chi connectivity index (χ3v) is 3.21. The Balaban J connectivity index is 2.24. The van der Waals surface area contributed by atoms with Gasteiger partial charge in [-0.05, 0) is 52.8 Å². The topological polar surface area (TPSA) is 21.3 Å². The van der Waals surface area contributed by atoms with Crippen molar-refractivity contribution < 1.29 is 4.74 Å². The molecule has 0 saturated carbocycles. The van der Waals surface area contributed by atoms with E-state index in [1.165, 1.54) is 14.7 Å². The van der Waals surface area contributed by atoms with Crippen molar-refractivity contribution in [3.63, 3.8) is 0 Å². The van der Waals surface area contributed by atoms with Crippen molar-refractivity contribution in [3.8, 4) is 0 Å². The number of aryl methyl sites for hydroxylation is 1. The molecule has 0 aromatic heterocycles. The minimum absolute atomic E-state index is 0.374. The van der Waals surface area contributed by atoms with Crippen molar-refractivity contribution in [3.05, 3.63) is 32.9 Å². The summed E-state index contributed by atoms with van der Waals surface area (Å²) in [6.07, 6.45) is 0. The first kappa shape index (κ1) is 10.4. The van der Waals surface area contributed by atoms with Gasteiger partial charge in [-0.2, -0.15) is 0 Å². The number of ether oxygens (including phenoxy) is 1. The average molecular weight is 303 g/mol. The molecule has 1 N–H and O–H groups in total. The number of hydrogen-bond donors (Lipinski definition) is 1. The highest BCUT2D eigenvalue weighted by Gasteiger charge is 2.16. The number of rotatable bonds is 1. The summed E-state index contributed by atoms with van der Waals surface area (Å²) in [5, 5.41) is 3.48. The zero-order valence-corrected chi connectivity index (χ0v) is 10.4. The summed E-state index contributed by atoms with van der Waals surface area (Å²) < 4.78 is 6.75. The molecule has 1 aliphatic rings. The van der Waals surface area contributed by atoms with Crippen molar-refractivity contribution in [2.24, 2.45) is 0 Å². The van der Waals surface area contributed by atoms with Crippen LogP contribution in [0.5, 0.6) is 0 Å². The second-order valence-electron chi connectivity index (χ2n) is 3.58. The molecule has 1 aromatic rings. The lowest BCUT2D eigenvalue weighted by atomic mass is 10.0. The Labute approximate surface area is 98.2 Å². The highest BCUT2D eigenvalue weighted by atomic mass is 127. The average Bonchev–Trinajstić information content (AvgIpc) is 2.23. The van der Waals surface area contributed by atoms with Gasteiger partial charge < -0.3 is 10.1 Å². The molecular formula is C11H14INO. The number of morpholine rings is 1. The Morgan fingerprint density at radius 3 is 3.07 bits per heavy atom. The molecule has 0 spiro atoms. The van der Waals surface area contributed by atoms with Crippen molar-refractivity contribution in [2.45, 2.75) is 13.0 Å². The lowest BCUT2D eigenvalue weighted by Gasteiger charge is -2.25. The number of nitrogens with one attached hydrogen (secondary N) is 1. The molecule has 3 heteroatoms. The van der Waals surface area contributed by atoms with E-state index < -0.39 is 0 Å². The second-order valence-corrected chi connectivity index (χ2v) is 4.83. The molecule has 1 aromatic carbocycles. The van der Waals surface area contributed by atoms with Crippen LogP contribution in [0, 0.1) is 10.5 Å². The molecule has 0 amide bonds. The van der Waals surface area contributed by atoms with Crippen LogP contribution in [0.1, 0.15) is 17.2 Å². The van der Waals surface area contributed by atoms with Gasteiger partial charge >= 0.3 is 0 Å². The van der Waals surface area contributed by atoms with Crippen molar-refractivity contribution >= 4 is 22.6 Å². The fraction of sp³-hybridized carbons (Fsp3) is 0.455. The van der Waals surface area contributed by atoms with Gasteiger partial charge in [-0.15, -0.1) is 0 Å². The number of benzene rings is 1. The van der Waals surface area contributed by atoms with Crippen molar-refractivity contribution in [1.29, 1.82) is 0 Å². The number of halogens is 1. The van der Waals surface area contributed by atoms with Crippen LogP contribution in [0.4, 0.5) is 0 Å². The first-order chi connectivity index (χ1) is 6.77.